The number of carbonyl (C=O) groups is 1. The summed E-state index contributed by atoms with van der Waals surface area (Å²) in [5.41, 5.74) is 0. The minimum Gasteiger partial charge on any atom is -0.392 e. The van der Waals surface area contributed by atoms with Crippen LogP contribution in [0.5, 0.6) is 0 Å². The molecule has 1 aliphatic carbocycles. The lowest BCUT2D eigenvalue weighted by molar-refractivity contribution is -0.128. The zero-order chi connectivity index (χ0) is 9.84. The summed E-state index contributed by atoms with van der Waals surface area (Å²) in [4.78, 5) is 11.5. The lowest BCUT2D eigenvalue weighted by Crippen LogP contribution is -2.31. The average molecular weight is 184 g/mol. The lowest BCUT2D eigenvalue weighted by atomic mass is 9.81. The van der Waals surface area contributed by atoms with Crippen molar-refractivity contribution < 1.29 is 9.90 Å². The number of carbonyl (C=O) groups excluding carboxylic acids is 1. The molecular weight excluding hydrogens is 164 g/mol. The first-order valence-electron chi connectivity index (χ1n) is 5.32. The second kappa shape index (κ2) is 4.75. The molecule has 0 amide bonds. The van der Waals surface area contributed by atoms with Crippen molar-refractivity contribution in [2.75, 3.05) is 0 Å². The Morgan fingerprint density at radius 3 is 2.69 bits per heavy atom. The van der Waals surface area contributed by atoms with Crippen LogP contribution in [0.2, 0.25) is 0 Å². The van der Waals surface area contributed by atoms with Crippen LogP contribution in [-0.2, 0) is 4.79 Å². The number of aliphatic hydroxyl groups excluding tert-OH is 1. The van der Waals surface area contributed by atoms with Crippen LogP contribution in [0.1, 0.15) is 46.0 Å². The van der Waals surface area contributed by atoms with Crippen molar-refractivity contribution in [2.45, 2.75) is 52.1 Å². The maximum absolute atomic E-state index is 11.5. The lowest BCUT2D eigenvalue weighted by Gasteiger charge is -2.26. The largest absolute Gasteiger partial charge is 0.392 e. The van der Waals surface area contributed by atoms with E-state index in [1.807, 2.05) is 0 Å². The van der Waals surface area contributed by atoms with E-state index < -0.39 is 6.10 Å². The molecule has 0 saturated heterocycles. The molecule has 0 bridgehead atoms. The fourth-order valence-corrected chi connectivity index (χ4v) is 2.06. The third kappa shape index (κ3) is 3.11. The first kappa shape index (κ1) is 10.7. The highest BCUT2D eigenvalue weighted by atomic mass is 16.3. The van der Waals surface area contributed by atoms with Gasteiger partial charge in [-0.2, -0.15) is 0 Å². The highest BCUT2D eigenvalue weighted by Gasteiger charge is 2.28. The Bertz CT molecular complexity index is 175. The van der Waals surface area contributed by atoms with Crippen LogP contribution in [0, 0.1) is 11.8 Å². The number of ketones is 1. The molecule has 2 heteroatoms. The molecule has 2 nitrogen and oxygen atoms in total. The third-order valence-electron chi connectivity index (χ3n) is 2.78. The molecule has 1 saturated carbocycles. The molecule has 2 atom stereocenters. The minimum atomic E-state index is -0.396. The highest BCUT2D eigenvalue weighted by molar-refractivity contribution is 5.82. The normalized spacial score (nSPS) is 26.5. The zero-order valence-corrected chi connectivity index (χ0v) is 8.62. The molecule has 0 spiro atoms. The van der Waals surface area contributed by atoms with E-state index in [4.69, 9.17) is 0 Å². The predicted molar refractivity (Wildman–Crippen MR) is 52.4 cm³/mol. The van der Waals surface area contributed by atoms with E-state index in [0.29, 0.717) is 12.3 Å². The van der Waals surface area contributed by atoms with Gasteiger partial charge in [0.2, 0.25) is 0 Å². The van der Waals surface area contributed by atoms with Crippen molar-refractivity contribution in [3.05, 3.63) is 0 Å². The fourth-order valence-electron chi connectivity index (χ4n) is 2.06. The van der Waals surface area contributed by atoms with E-state index in [0.717, 1.165) is 25.7 Å². The summed E-state index contributed by atoms with van der Waals surface area (Å²) in [6.45, 7) is 4.16. The van der Waals surface area contributed by atoms with Gasteiger partial charge in [0.25, 0.3) is 0 Å². The topological polar surface area (TPSA) is 37.3 Å². The molecule has 1 N–H and O–H groups in total. The van der Waals surface area contributed by atoms with Crippen molar-refractivity contribution in [1.82, 2.24) is 0 Å². The molecule has 0 aromatic rings. The van der Waals surface area contributed by atoms with Gasteiger partial charge < -0.3 is 5.11 Å². The molecular formula is C11H20O2. The maximum Gasteiger partial charge on any atom is 0.138 e. The molecule has 1 fully saturated rings. The SMILES string of the molecule is CC(C)CC(O)C1CCCCC1=O. The number of hydrogen-bond acceptors (Lipinski definition) is 2. The van der Waals surface area contributed by atoms with Gasteiger partial charge in [0.05, 0.1) is 6.10 Å². The Morgan fingerprint density at radius 1 is 1.46 bits per heavy atom. The Hall–Kier alpha value is -0.370. The summed E-state index contributed by atoms with van der Waals surface area (Å²) < 4.78 is 0. The van der Waals surface area contributed by atoms with Crippen LogP contribution >= 0.6 is 0 Å². The number of aliphatic hydroxyl groups is 1. The van der Waals surface area contributed by atoms with Crippen molar-refractivity contribution in [3.63, 3.8) is 0 Å². The van der Waals surface area contributed by atoms with E-state index in [9.17, 15) is 9.90 Å². The second-order valence-corrected chi connectivity index (χ2v) is 4.52. The molecule has 0 aliphatic heterocycles. The molecule has 0 heterocycles. The van der Waals surface area contributed by atoms with Crippen molar-refractivity contribution >= 4 is 5.78 Å². The fraction of sp³-hybridized carbons (Fsp3) is 0.909. The van der Waals surface area contributed by atoms with Gasteiger partial charge in [-0.25, -0.2) is 0 Å². The van der Waals surface area contributed by atoms with Crippen LogP contribution in [0.25, 0.3) is 0 Å². The molecule has 1 aliphatic rings. The number of rotatable bonds is 3. The Morgan fingerprint density at radius 2 is 2.15 bits per heavy atom. The summed E-state index contributed by atoms with van der Waals surface area (Å²) in [5, 5.41) is 9.79. The second-order valence-electron chi connectivity index (χ2n) is 4.52. The van der Waals surface area contributed by atoms with E-state index >= 15 is 0 Å². The molecule has 76 valence electrons. The van der Waals surface area contributed by atoms with Crippen LogP contribution in [0.3, 0.4) is 0 Å². The summed E-state index contributed by atoms with van der Waals surface area (Å²) in [6, 6.07) is 0. The Kier molecular flexibility index (Phi) is 3.91. The van der Waals surface area contributed by atoms with Gasteiger partial charge in [0, 0.05) is 12.3 Å². The first-order valence-corrected chi connectivity index (χ1v) is 5.32. The van der Waals surface area contributed by atoms with E-state index in [1.165, 1.54) is 0 Å². The van der Waals surface area contributed by atoms with Gasteiger partial charge in [0.15, 0.2) is 0 Å². The molecule has 2 unspecified atom stereocenters. The summed E-state index contributed by atoms with van der Waals surface area (Å²) in [6.07, 6.45) is 4.06. The van der Waals surface area contributed by atoms with Gasteiger partial charge in [-0.3, -0.25) is 4.79 Å². The van der Waals surface area contributed by atoms with E-state index in [-0.39, 0.29) is 11.7 Å². The summed E-state index contributed by atoms with van der Waals surface area (Å²) in [5.74, 6) is 0.695. The molecule has 0 aromatic carbocycles. The van der Waals surface area contributed by atoms with Crippen LogP contribution in [0.15, 0.2) is 0 Å². The van der Waals surface area contributed by atoms with Crippen molar-refractivity contribution in [2.24, 2.45) is 11.8 Å². The molecule has 13 heavy (non-hydrogen) atoms. The van der Waals surface area contributed by atoms with Gasteiger partial charge in [-0.15, -0.1) is 0 Å². The number of hydrogen-bond donors (Lipinski definition) is 1. The van der Waals surface area contributed by atoms with Crippen LogP contribution < -0.4 is 0 Å². The third-order valence-corrected chi connectivity index (χ3v) is 2.78. The first-order chi connectivity index (χ1) is 6.11. The minimum absolute atomic E-state index is 0.0591. The quantitative estimate of drug-likeness (QED) is 0.729. The van der Waals surface area contributed by atoms with E-state index in [2.05, 4.69) is 13.8 Å². The smallest absolute Gasteiger partial charge is 0.138 e. The maximum atomic E-state index is 11.5. The summed E-state index contributed by atoms with van der Waals surface area (Å²) >= 11 is 0. The monoisotopic (exact) mass is 184 g/mol. The Balaban J connectivity index is 2.43. The van der Waals surface area contributed by atoms with Gasteiger partial charge >= 0.3 is 0 Å². The van der Waals surface area contributed by atoms with Gasteiger partial charge in [-0.05, 0) is 25.2 Å². The van der Waals surface area contributed by atoms with Crippen molar-refractivity contribution in [1.29, 1.82) is 0 Å². The standard InChI is InChI=1S/C11H20O2/c1-8(2)7-11(13)9-5-3-4-6-10(9)12/h8-9,11,13H,3-7H2,1-2H3. The molecule has 0 radical (unpaired) electrons. The molecule has 1 rings (SSSR count). The van der Waals surface area contributed by atoms with Gasteiger partial charge in [-0.1, -0.05) is 20.3 Å². The zero-order valence-electron chi connectivity index (χ0n) is 8.62. The molecule has 0 aromatic heterocycles. The predicted octanol–water partition coefficient (Wildman–Crippen LogP) is 2.15. The highest BCUT2D eigenvalue weighted by Crippen LogP contribution is 2.26. The van der Waals surface area contributed by atoms with Crippen molar-refractivity contribution in [3.8, 4) is 0 Å². The van der Waals surface area contributed by atoms with Gasteiger partial charge in [0.1, 0.15) is 5.78 Å². The van der Waals surface area contributed by atoms with Crippen LogP contribution in [-0.4, -0.2) is 17.0 Å². The Labute approximate surface area is 80.3 Å². The van der Waals surface area contributed by atoms with Crippen LogP contribution in [0.4, 0.5) is 0 Å². The number of Topliss-reactive ketones (excluding diaryl/α,β-unsaturated/α-hetero) is 1. The average Bonchev–Trinajstić information content (AvgIpc) is 2.03. The van der Waals surface area contributed by atoms with E-state index in [1.54, 1.807) is 0 Å². The summed E-state index contributed by atoms with van der Waals surface area (Å²) in [7, 11) is 0.